The molecule has 0 aromatic carbocycles. The van der Waals surface area contributed by atoms with E-state index in [0.717, 1.165) is 16.0 Å². The van der Waals surface area contributed by atoms with E-state index >= 15 is 0 Å². The van der Waals surface area contributed by atoms with E-state index in [9.17, 15) is 9.59 Å². The molecule has 0 amide bonds. The van der Waals surface area contributed by atoms with E-state index in [1.54, 1.807) is 24.3 Å². The van der Waals surface area contributed by atoms with E-state index in [-0.39, 0.29) is 11.2 Å². The summed E-state index contributed by atoms with van der Waals surface area (Å²) in [6, 6.07) is 0. The first-order valence-corrected chi connectivity index (χ1v) is 7.01. The van der Waals surface area contributed by atoms with Gasteiger partial charge in [0.15, 0.2) is 11.2 Å². The van der Waals surface area contributed by atoms with Crippen LogP contribution in [0.15, 0.2) is 22.2 Å². The van der Waals surface area contributed by atoms with Crippen molar-refractivity contribution in [1.29, 1.82) is 0 Å². The molecule has 3 heterocycles. The largest absolute Gasteiger partial charge is 0.333 e. The van der Waals surface area contributed by atoms with Crippen LogP contribution in [0.25, 0.3) is 11.2 Å². The number of aromatic nitrogens is 6. The predicted octanol–water partition coefficient (Wildman–Crippen LogP) is -0.0528. The van der Waals surface area contributed by atoms with Crippen LogP contribution in [-0.2, 0) is 27.2 Å². The Morgan fingerprint density at radius 1 is 0.955 bits per heavy atom. The van der Waals surface area contributed by atoms with Gasteiger partial charge in [0, 0.05) is 32.9 Å². The Kier molecular flexibility index (Phi) is 3.23. The first kappa shape index (κ1) is 14.3. The van der Waals surface area contributed by atoms with E-state index in [4.69, 9.17) is 0 Å². The standard InChI is InChI=1S/C14H18N6O2/c1-9-10(2)19(7-15-9)5-6-20-8-16-12-11(20)13(21)18(4)14(22)17(12)3/h7-8H,5-6H2,1-4H3. The van der Waals surface area contributed by atoms with Crippen LogP contribution in [0, 0.1) is 13.8 Å². The molecule has 0 saturated carbocycles. The van der Waals surface area contributed by atoms with Crippen LogP contribution in [0.5, 0.6) is 0 Å². The molecule has 0 bridgehead atoms. The smallest absolute Gasteiger partial charge is 0.332 e. The van der Waals surface area contributed by atoms with Crippen molar-refractivity contribution in [3.05, 3.63) is 44.9 Å². The van der Waals surface area contributed by atoms with Crippen LogP contribution >= 0.6 is 0 Å². The van der Waals surface area contributed by atoms with Gasteiger partial charge in [-0.1, -0.05) is 0 Å². The Morgan fingerprint density at radius 2 is 1.59 bits per heavy atom. The molecule has 0 aliphatic rings. The Hall–Kier alpha value is -2.64. The van der Waals surface area contributed by atoms with Gasteiger partial charge in [-0.15, -0.1) is 0 Å². The maximum Gasteiger partial charge on any atom is 0.332 e. The van der Waals surface area contributed by atoms with Crippen molar-refractivity contribution >= 4 is 11.2 Å². The van der Waals surface area contributed by atoms with E-state index in [1.165, 1.54) is 11.6 Å². The van der Waals surface area contributed by atoms with E-state index < -0.39 is 0 Å². The molecule has 0 saturated heterocycles. The van der Waals surface area contributed by atoms with Crippen LogP contribution in [-0.4, -0.2) is 28.2 Å². The van der Waals surface area contributed by atoms with Gasteiger partial charge in [-0.2, -0.15) is 0 Å². The van der Waals surface area contributed by atoms with Crippen molar-refractivity contribution < 1.29 is 0 Å². The zero-order valence-corrected chi connectivity index (χ0v) is 13.1. The first-order chi connectivity index (χ1) is 10.4. The van der Waals surface area contributed by atoms with E-state index in [2.05, 4.69) is 9.97 Å². The zero-order chi connectivity index (χ0) is 16.0. The summed E-state index contributed by atoms with van der Waals surface area (Å²) in [6.07, 6.45) is 3.39. The van der Waals surface area contributed by atoms with Gasteiger partial charge in [-0.05, 0) is 13.8 Å². The van der Waals surface area contributed by atoms with Gasteiger partial charge in [-0.3, -0.25) is 13.9 Å². The molecule has 8 heteroatoms. The third-order valence-electron chi connectivity index (χ3n) is 4.14. The Bertz CT molecular complexity index is 972. The SMILES string of the molecule is Cc1ncn(CCn2cnc3c2c(=O)n(C)c(=O)n3C)c1C. The van der Waals surface area contributed by atoms with E-state index in [1.807, 2.05) is 18.4 Å². The summed E-state index contributed by atoms with van der Waals surface area (Å²) in [7, 11) is 3.09. The van der Waals surface area contributed by atoms with Gasteiger partial charge in [0.05, 0.1) is 18.3 Å². The van der Waals surface area contributed by atoms with Crippen molar-refractivity contribution in [2.24, 2.45) is 14.1 Å². The van der Waals surface area contributed by atoms with Crippen molar-refractivity contribution in [2.45, 2.75) is 26.9 Å². The number of imidazole rings is 2. The van der Waals surface area contributed by atoms with Gasteiger partial charge < -0.3 is 9.13 Å². The molecule has 0 fully saturated rings. The van der Waals surface area contributed by atoms with Crippen molar-refractivity contribution in [3.63, 3.8) is 0 Å². The van der Waals surface area contributed by atoms with Crippen LogP contribution in [0.1, 0.15) is 11.4 Å². The number of hydrogen-bond acceptors (Lipinski definition) is 4. The maximum atomic E-state index is 12.3. The highest BCUT2D eigenvalue weighted by atomic mass is 16.2. The van der Waals surface area contributed by atoms with Gasteiger partial charge in [0.25, 0.3) is 5.56 Å². The van der Waals surface area contributed by atoms with Crippen molar-refractivity contribution in [1.82, 2.24) is 28.2 Å². The second-order valence-corrected chi connectivity index (χ2v) is 5.42. The summed E-state index contributed by atoms with van der Waals surface area (Å²) in [5.74, 6) is 0. The summed E-state index contributed by atoms with van der Waals surface area (Å²) < 4.78 is 6.31. The summed E-state index contributed by atoms with van der Waals surface area (Å²) >= 11 is 0. The van der Waals surface area contributed by atoms with Gasteiger partial charge in [0.1, 0.15) is 0 Å². The third-order valence-corrected chi connectivity index (χ3v) is 4.14. The summed E-state index contributed by atoms with van der Waals surface area (Å²) in [5, 5.41) is 0. The highest BCUT2D eigenvalue weighted by Gasteiger charge is 2.14. The molecule has 0 N–H and O–H groups in total. The molecule has 0 atom stereocenters. The Labute approximate surface area is 126 Å². The Morgan fingerprint density at radius 3 is 2.23 bits per heavy atom. The number of aryl methyl sites for hydroxylation is 4. The molecule has 0 radical (unpaired) electrons. The van der Waals surface area contributed by atoms with Gasteiger partial charge >= 0.3 is 5.69 Å². The first-order valence-electron chi connectivity index (χ1n) is 7.01. The monoisotopic (exact) mass is 302 g/mol. The van der Waals surface area contributed by atoms with Gasteiger partial charge in [0.2, 0.25) is 0 Å². The molecule has 3 aromatic heterocycles. The van der Waals surface area contributed by atoms with Crippen LogP contribution in [0.2, 0.25) is 0 Å². The van der Waals surface area contributed by atoms with Crippen LogP contribution < -0.4 is 11.2 Å². The van der Waals surface area contributed by atoms with Crippen LogP contribution in [0.4, 0.5) is 0 Å². The lowest BCUT2D eigenvalue weighted by molar-refractivity contribution is 0.576. The van der Waals surface area contributed by atoms with Crippen LogP contribution in [0.3, 0.4) is 0 Å². The number of fused-ring (bicyclic) bond motifs is 1. The average Bonchev–Trinajstić information content (AvgIpc) is 3.06. The fourth-order valence-electron chi connectivity index (χ4n) is 2.55. The zero-order valence-electron chi connectivity index (χ0n) is 13.1. The number of rotatable bonds is 3. The molecule has 3 aromatic rings. The highest BCUT2D eigenvalue weighted by Crippen LogP contribution is 2.08. The lowest BCUT2D eigenvalue weighted by atomic mass is 10.4. The minimum Gasteiger partial charge on any atom is -0.333 e. The number of hydrogen-bond donors (Lipinski definition) is 0. The minimum atomic E-state index is -0.371. The lowest BCUT2D eigenvalue weighted by Crippen LogP contribution is -2.37. The van der Waals surface area contributed by atoms with Crippen molar-refractivity contribution in [3.8, 4) is 0 Å². The van der Waals surface area contributed by atoms with Crippen molar-refractivity contribution in [2.75, 3.05) is 0 Å². The third kappa shape index (κ3) is 1.99. The molecule has 22 heavy (non-hydrogen) atoms. The van der Waals surface area contributed by atoms with Gasteiger partial charge in [-0.25, -0.2) is 14.8 Å². The molecule has 116 valence electrons. The summed E-state index contributed by atoms with van der Waals surface area (Å²) in [5.41, 5.74) is 2.25. The summed E-state index contributed by atoms with van der Waals surface area (Å²) in [6.45, 7) is 5.24. The molecule has 3 rings (SSSR count). The molecule has 0 spiro atoms. The maximum absolute atomic E-state index is 12.3. The Balaban J connectivity index is 2.04. The molecule has 0 aliphatic carbocycles. The molecule has 0 unspecified atom stereocenters. The molecular formula is C14H18N6O2. The fourth-order valence-corrected chi connectivity index (χ4v) is 2.55. The molecule has 0 aliphatic heterocycles. The quantitative estimate of drug-likeness (QED) is 0.679. The number of nitrogens with zero attached hydrogens (tertiary/aromatic N) is 6. The minimum absolute atomic E-state index is 0.325. The second kappa shape index (κ2) is 4.97. The highest BCUT2D eigenvalue weighted by molar-refractivity contribution is 5.69. The second-order valence-electron chi connectivity index (χ2n) is 5.42. The fraction of sp³-hybridized carbons (Fsp3) is 0.429. The average molecular weight is 302 g/mol. The normalized spacial score (nSPS) is 11.5. The molecule has 8 nitrogen and oxygen atoms in total. The van der Waals surface area contributed by atoms with E-state index in [0.29, 0.717) is 24.3 Å². The lowest BCUT2D eigenvalue weighted by Gasteiger charge is -2.08. The predicted molar refractivity (Wildman–Crippen MR) is 81.9 cm³/mol. The summed E-state index contributed by atoms with van der Waals surface area (Å²) in [4.78, 5) is 32.7. The molecular weight excluding hydrogens is 284 g/mol. The topological polar surface area (TPSA) is 79.6 Å².